The van der Waals surface area contributed by atoms with Crippen LogP contribution in [0.5, 0.6) is 0 Å². The lowest BCUT2D eigenvalue weighted by Gasteiger charge is -2.68. The highest BCUT2D eigenvalue weighted by Gasteiger charge is 2.66. The number of halogens is 3. The molecule has 3 saturated carbocycles. The highest BCUT2D eigenvalue weighted by molar-refractivity contribution is 14.1. The van der Waals surface area contributed by atoms with Gasteiger partial charge in [-0.15, -0.1) is 0 Å². The van der Waals surface area contributed by atoms with E-state index in [1.165, 1.54) is 25.3 Å². The van der Waals surface area contributed by atoms with Gasteiger partial charge in [-0.05, 0) is 43.2 Å². The quantitative estimate of drug-likeness (QED) is 0.555. The van der Waals surface area contributed by atoms with Gasteiger partial charge >= 0.3 is 0 Å². The Morgan fingerprint density at radius 3 is 2.53 bits per heavy atom. The maximum atomic E-state index is 13.6. The van der Waals surface area contributed by atoms with Crippen molar-refractivity contribution in [3.8, 4) is 0 Å². The molecule has 4 rings (SSSR count). The minimum Gasteiger partial charge on any atom is -0.207 e. The van der Waals surface area contributed by atoms with Crippen molar-refractivity contribution in [2.45, 2.75) is 29.1 Å². The van der Waals surface area contributed by atoms with Crippen LogP contribution in [0.3, 0.4) is 0 Å². The molecule has 3 heteroatoms. The van der Waals surface area contributed by atoms with Crippen LogP contribution >= 0.6 is 34.2 Å². The number of benzene rings is 1. The minimum absolute atomic E-state index is 0.144. The normalized spacial score (nSPS) is 37.0. The fraction of sp³-hybridized carbons (Fsp3) is 0.500. The summed E-state index contributed by atoms with van der Waals surface area (Å²) in [6, 6.07) is 4.96. The van der Waals surface area contributed by atoms with Gasteiger partial charge in [0, 0.05) is 14.0 Å². The summed E-state index contributed by atoms with van der Waals surface area (Å²) in [4.78, 5) is 0. The highest BCUT2D eigenvalue weighted by atomic mass is 127. The van der Waals surface area contributed by atoms with E-state index in [1.54, 1.807) is 12.1 Å². The average molecular weight is 337 g/mol. The zero-order valence-electron chi connectivity index (χ0n) is 8.19. The van der Waals surface area contributed by atoms with Crippen LogP contribution < -0.4 is 0 Å². The summed E-state index contributed by atoms with van der Waals surface area (Å²) in [7, 11) is 0. The molecule has 0 nitrogen and oxygen atoms in total. The van der Waals surface area contributed by atoms with Crippen molar-refractivity contribution in [2.75, 3.05) is 0 Å². The molecule has 80 valence electrons. The van der Waals surface area contributed by atoms with Crippen molar-refractivity contribution in [2.24, 2.45) is 5.41 Å². The second-order valence-electron chi connectivity index (χ2n) is 5.06. The van der Waals surface area contributed by atoms with Crippen LogP contribution in [0, 0.1) is 11.2 Å². The summed E-state index contributed by atoms with van der Waals surface area (Å²) in [5.41, 5.74) is 1.10. The Bertz CT molecular complexity index is 390. The number of rotatable bonds is 2. The second-order valence-corrected chi connectivity index (χ2v) is 7.75. The first kappa shape index (κ1) is 10.3. The van der Waals surface area contributed by atoms with Gasteiger partial charge in [-0.1, -0.05) is 40.3 Å². The standard InChI is InChI=1S/C12H11ClFI/c13-9-2-1-3-10(14)8(9)4-11-5-12(15,6-11)7-11/h1-3H,4-7H2. The average Bonchev–Trinajstić information content (AvgIpc) is 2.06. The second kappa shape index (κ2) is 3.10. The van der Waals surface area contributed by atoms with Gasteiger partial charge in [0.05, 0.1) is 0 Å². The van der Waals surface area contributed by atoms with Crippen LogP contribution in [0.15, 0.2) is 18.2 Å². The van der Waals surface area contributed by atoms with E-state index in [-0.39, 0.29) is 5.82 Å². The van der Waals surface area contributed by atoms with Gasteiger partial charge in [-0.25, -0.2) is 4.39 Å². The Kier molecular flexibility index (Phi) is 2.13. The Morgan fingerprint density at radius 1 is 1.33 bits per heavy atom. The van der Waals surface area contributed by atoms with Crippen molar-refractivity contribution in [3.63, 3.8) is 0 Å². The molecule has 0 atom stereocenters. The lowest BCUT2D eigenvalue weighted by Crippen LogP contribution is -2.64. The molecular weight excluding hydrogens is 325 g/mol. The Balaban J connectivity index is 1.84. The van der Waals surface area contributed by atoms with Crippen LogP contribution in [0.25, 0.3) is 0 Å². The smallest absolute Gasteiger partial charge is 0.127 e. The molecule has 2 bridgehead atoms. The molecule has 1 aromatic carbocycles. The van der Waals surface area contributed by atoms with Crippen molar-refractivity contribution < 1.29 is 4.39 Å². The Hall–Kier alpha value is 0.170. The summed E-state index contributed by atoms with van der Waals surface area (Å²) in [6.45, 7) is 0. The highest BCUT2D eigenvalue weighted by Crippen LogP contribution is 2.73. The van der Waals surface area contributed by atoms with Gasteiger partial charge < -0.3 is 0 Å². The SMILES string of the molecule is Fc1cccc(Cl)c1CC12CC(I)(C1)C2. The van der Waals surface area contributed by atoms with Crippen LogP contribution in [0.2, 0.25) is 5.02 Å². The lowest BCUT2D eigenvalue weighted by molar-refractivity contribution is -0.0619. The van der Waals surface area contributed by atoms with Crippen LogP contribution in [-0.2, 0) is 6.42 Å². The molecule has 0 heterocycles. The van der Waals surface area contributed by atoms with Crippen molar-refractivity contribution >= 4 is 34.2 Å². The lowest BCUT2D eigenvalue weighted by atomic mass is 9.43. The molecule has 3 aliphatic carbocycles. The van der Waals surface area contributed by atoms with Crippen LogP contribution in [-0.4, -0.2) is 3.42 Å². The first-order valence-corrected chi connectivity index (χ1v) is 6.60. The molecule has 15 heavy (non-hydrogen) atoms. The van der Waals surface area contributed by atoms with Gasteiger partial charge in [-0.3, -0.25) is 0 Å². The summed E-state index contributed by atoms with van der Waals surface area (Å²) < 4.78 is 14.1. The molecule has 0 amide bonds. The molecular formula is C12H11ClFI. The van der Waals surface area contributed by atoms with Gasteiger partial charge in [0.2, 0.25) is 0 Å². The summed E-state index contributed by atoms with van der Waals surface area (Å²) in [5.74, 6) is -0.144. The fourth-order valence-corrected chi connectivity index (χ4v) is 5.78. The number of alkyl halides is 1. The van der Waals surface area contributed by atoms with E-state index in [9.17, 15) is 4.39 Å². The number of hydrogen-bond donors (Lipinski definition) is 0. The minimum atomic E-state index is -0.144. The molecule has 3 aliphatic rings. The van der Waals surface area contributed by atoms with Crippen molar-refractivity contribution in [1.29, 1.82) is 0 Å². The molecule has 0 aromatic heterocycles. The fourth-order valence-electron chi connectivity index (χ4n) is 3.12. The molecule has 0 aliphatic heterocycles. The van der Waals surface area contributed by atoms with Gasteiger partial charge in [-0.2, -0.15) is 0 Å². The number of hydrogen-bond acceptors (Lipinski definition) is 0. The van der Waals surface area contributed by atoms with E-state index in [2.05, 4.69) is 22.6 Å². The zero-order valence-corrected chi connectivity index (χ0v) is 11.1. The predicted octanol–water partition coefficient (Wildman–Crippen LogP) is 4.38. The first-order chi connectivity index (χ1) is 7.02. The van der Waals surface area contributed by atoms with Gasteiger partial charge in [0.25, 0.3) is 0 Å². The van der Waals surface area contributed by atoms with Gasteiger partial charge in [0.15, 0.2) is 0 Å². The maximum Gasteiger partial charge on any atom is 0.127 e. The summed E-state index contributed by atoms with van der Waals surface area (Å²) in [5, 5.41) is 0.585. The zero-order chi connectivity index (χ0) is 10.7. The Labute approximate surface area is 107 Å². The molecule has 0 N–H and O–H groups in total. The van der Waals surface area contributed by atoms with E-state index in [1.807, 2.05) is 0 Å². The topological polar surface area (TPSA) is 0 Å². The third-order valence-electron chi connectivity index (χ3n) is 3.69. The van der Waals surface area contributed by atoms with Gasteiger partial charge in [0.1, 0.15) is 5.82 Å². The van der Waals surface area contributed by atoms with E-state index in [4.69, 9.17) is 11.6 Å². The third-order valence-corrected chi connectivity index (χ3v) is 5.19. The maximum absolute atomic E-state index is 13.6. The van der Waals surface area contributed by atoms with Crippen molar-refractivity contribution in [1.82, 2.24) is 0 Å². The van der Waals surface area contributed by atoms with E-state index in [0.29, 0.717) is 13.9 Å². The van der Waals surface area contributed by atoms with Crippen LogP contribution in [0.1, 0.15) is 24.8 Å². The predicted molar refractivity (Wildman–Crippen MR) is 68.1 cm³/mol. The monoisotopic (exact) mass is 336 g/mol. The summed E-state index contributed by atoms with van der Waals surface area (Å²) >= 11 is 8.56. The summed E-state index contributed by atoms with van der Waals surface area (Å²) in [6.07, 6.45) is 4.55. The molecule has 0 radical (unpaired) electrons. The van der Waals surface area contributed by atoms with E-state index >= 15 is 0 Å². The van der Waals surface area contributed by atoms with Crippen LogP contribution in [0.4, 0.5) is 4.39 Å². The molecule has 0 unspecified atom stereocenters. The first-order valence-electron chi connectivity index (χ1n) is 5.14. The Morgan fingerprint density at radius 2 is 2.00 bits per heavy atom. The van der Waals surface area contributed by atoms with Crippen molar-refractivity contribution in [3.05, 3.63) is 34.6 Å². The molecule has 0 saturated heterocycles. The molecule has 3 fully saturated rings. The van der Waals surface area contributed by atoms with E-state index < -0.39 is 0 Å². The largest absolute Gasteiger partial charge is 0.207 e. The van der Waals surface area contributed by atoms with E-state index in [0.717, 1.165) is 12.0 Å². The molecule has 1 aromatic rings. The third kappa shape index (κ3) is 1.52. The molecule has 0 spiro atoms.